The van der Waals surface area contributed by atoms with Gasteiger partial charge in [0.05, 0.1) is 6.42 Å². The van der Waals surface area contributed by atoms with Gasteiger partial charge in [-0.2, -0.15) is 0 Å². The molecule has 3 N–H and O–H groups in total. The van der Waals surface area contributed by atoms with E-state index in [4.69, 9.17) is 14.6 Å². The third-order valence-corrected chi connectivity index (χ3v) is 6.08. The minimum absolute atomic E-state index is 0.0588. The summed E-state index contributed by atoms with van der Waals surface area (Å²) in [6.45, 7) is 0.333. The van der Waals surface area contributed by atoms with E-state index >= 15 is 0 Å². The van der Waals surface area contributed by atoms with Crippen molar-refractivity contribution in [1.29, 1.82) is 0 Å². The highest BCUT2D eigenvalue weighted by Crippen LogP contribution is 2.14. The number of esters is 2. The van der Waals surface area contributed by atoms with Crippen LogP contribution in [0.1, 0.15) is 116 Å². The van der Waals surface area contributed by atoms with Gasteiger partial charge in [0.1, 0.15) is 25.9 Å². The zero-order chi connectivity index (χ0) is 27.8. The Bertz CT molecular complexity index is 624. The lowest BCUT2D eigenvalue weighted by atomic mass is 10.0. The number of ether oxygens (including phenoxy) is 3. The predicted molar refractivity (Wildman–Crippen MR) is 137 cm³/mol. The van der Waals surface area contributed by atoms with Crippen molar-refractivity contribution in [3.63, 3.8) is 0 Å². The van der Waals surface area contributed by atoms with Crippen LogP contribution in [0, 0.1) is 0 Å². The molecule has 0 saturated heterocycles. The van der Waals surface area contributed by atoms with Gasteiger partial charge < -0.3 is 29.5 Å². The molecule has 0 aliphatic heterocycles. The number of aliphatic hydroxyl groups excluding tert-OH is 1. The molecule has 0 saturated carbocycles. The van der Waals surface area contributed by atoms with Gasteiger partial charge in [-0.15, -0.1) is 0 Å². The van der Waals surface area contributed by atoms with E-state index in [-0.39, 0.29) is 19.5 Å². The number of carbonyl (C=O) groups excluding carboxylic acids is 3. The molecule has 2 unspecified atom stereocenters. The molecule has 0 fully saturated rings. The summed E-state index contributed by atoms with van der Waals surface area (Å²) in [7, 11) is 0. The van der Waals surface area contributed by atoms with Crippen molar-refractivity contribution in [1.82, 2.24) is 0 Å². The van der Waals surface area contributed by atoms with Crippen LogP contribution < -0.4 is 0 Å². The minimum Gasteiger partial charge on any atom is -0.479 e. The van der Waals surface area contributed by atoms with Crippen LogP contribution in [0.4, 0.5) is 0 Å². The molecule has 10 heteroatoms. The van der Waals surface area contributed by atoms with Crippen molar-refractivity contribution >= 4 is 24.4 Å². The van der Waals surface area contributed by atoms with Gasteiger partial charge >= 0.3 is 17.9 Å². The quantitative estimate of drug-likeness (QED) is 0.0642. The normalized spacial score (nSPS) is 13.4. The topological polar surface area (TPSA) is 157 Å². The Morgan fingerprint density at radius 1 is 0.757 bits per heavy atom. The second-order valence-electron chi connectivity index (χ2n) is 9.64. The average Bonchev–Trinajstić information content (AvgIpc) is 2.87. The zero-order valence-corrected chi connectivity index (χ0v) is 22.5. The van der Waals surface area contributed by atoms with Crippen LogP contribution in [-0.4, -0.2) is 71.2 Å². The molecule has 0 bridgehead atoms. The van der Waals surface area contributed by atoms with Crippen LogP contribution in [-0.2, 0) is 33.4 Å². The monoisotopic (exact) mass is 532 g/mol. The van der Waals surface area contributed by atoms with Crippen LogP contribution in [0.5, 0.6) is 0 Å². The summed E-state index contributed by atoms with van der Waals surface area (Å²) in [5.41, 5.74) is -2.64. The fourth-order valence-electron chi connectivity index (χ4n) is 3.79. The van der Waals surface area contributed by atoms with Crippen molar-refractivity contribution in [3.05, 3.63) is 0 Å². The van der Waals surface area contributed by atoms with Crippen molar-refractivity contribution in [2.24, 2.45) is 0 Å². The Kier molecular flexibility index (Phi) is 21.6. The molecular formula is C27H48O10. The first kappa shape index (κ1) is 34.8. The number of aliphatic carboxylic acids is 1. The van der Waals surface area contributed by atoms with E-state index in [1.54, 1.807) is 0 Å². The number of aliphatic hydroxyl groups is 2. The number of unbranched alkanes of at least 4 members (excludes halogenated alkanes) is 14. The molecule has 0 heterocycles. The fourth-order valence-corrected chi connectivity index (χ4v) is 3.79. The number of carboxylic acid groups (broad SMARTS) is 1. The Morgan fingerprint density at radius 3 is 1.62 bits per heavy atom. The molecule has 216 valence electrons. The van der Waals surface area contributed by atoms with Crippen LogP contribution in [0.2, 0.25) is 0 Å². The molecule has 0 spiro atoms. The molecule has 0 rings (SSSR count). The molecule has 0 aromatic heterocycles. The van der Waals surface area contributed by atoms with E-state index in [1.807, 2.05) is 0 Å². The van der Waals surface area contributed by atoms with Crippen LogP contribution >= 0.6 is 0 Å². The molecule has 37 heavy (non-hydrogen) atoms. The largest absolute Gasteiger partial charge is 0.479 e. The van der Waals surface area contributed by atoms with Crippen molar-refractivity contribution < 1.29 is 48.7 Å². The second-order valence-corrected chi connectivity index (χ2v) is 9.64. The van der Waals surface area contributed by atoms with Crippen LogP contribution in [0.15, 0.2) is 0 Å². The van der Waals surface area contributed by atoms with E-state index in [0.29, 0.717) is 6.42 Å². The van der Waals surface area contributed by atoms with E-state index in [2.05, 4.69) is 11.7 Å². The fraction of sp³-hybridized carbons (Fsp3) is 0.852. The van der Waals surface area contributed by atoms with Crippen LogP contribution in [0.25, 0.3) is 0 Å². The molecule has 2 atom stereocenters. The smallest absolute Gasteiger partial charge is 0.339 e. The van der Waals surface area contributed by atoms with Gasteiger partial charge in [-0.05, 0) is 6.42 Å². The first-order valence-electron chi connectivity index (χ1n) is 13.8. The van der Waals surface area contributed by atoms with E-state index < -0.39 is 49.2 Å². The highest BCUT2D eigenvalue weighted by molar-refractivity contribution is 5.84. The number of carbonyl (C=O) groups is 4. The highest BCUT2D eigenvalue weighted by Gasteiger charge is 2.40. The Labute approximate surface area is 221 Å². The lowest BCUT2D eigenvalue weighted by Gasteiger charge is -2.21. The average molecular weight is 533 g/mol. The Hall–Kier alpha value is -2.20. The summed E-state index contributed by atoms with van der Waals surface area (Å²) in [5.74, 6) is -3.34. The van der Waals surface area contributed by atoms with E-state index in [0.717, 1.165) is 19.3 Å². The maximum atomic E-state index is 11.8. The van der Waals surface area contributed by atoms with Gasteiger partial charge in [-0.3, -0.25) is 14.4 Å². The maximum Gasteiger partial charge on any atom is 0.339 e. The molecule has 0 aromatic carbocycles. The second kappa shape index (κ2) is 23.0. The SMILES string of the molecule is CCCCCCCCCCCCCCCCCC(=O)OCC(O)COC(=O)CC(O)(COC=O)C(=O)O. The number of rotatable bonds is 26. The molecular weight excluding hydrogens is 484 g/mol. The van der Waals surface area contributed by atoms with Crippen molar-refractivity contribution in [2.75, 3.05) is 19.8 Å². The molecule has 10 nitrogen and oxygen atoms in total. The number of hydrogen-bond acceptors (Lipinski definition) is 9. The summed E-state index contributed by atoms with van der Waals surface area (Å²) < 4.78 is 13.9. The molecule has 0 aliphatic rings. The first-order valence-corrected chi connectivity index (χ1v) is 13.8. The van der Waals surface area contributed by atoms with Crippen molar-refractivity contribution in [3.8, 4) is 0 Å². The molecule has 0 aromatic rings. The molecule has 0 aliphatic carbocycles. The Morgan fingerprint density at radius 2 is 1.19 bits per heavy atom. The van der Waals surface area contributed by atoms with Gasteiger partial charge in [0.15, 0.2) is 0 Å². The van der Waals surface area contributed by atoms with Crippen LogP contribution in [0.3, 0.4) is 0 Å². The number of carboxylic acids is 1. The lowest BCUT2D eigenvalue weighted by Crippen LogP contribution is -2.45. The minimum atomic E-state index is -2.64. The first-order chi connectivity index (χ1) is 17.7. The highest BCUT2D eigenvalue weighted by atomic mass is 16.6. The van der Waals surface area contributed by atoms with Gasteiger partial charge in [-0.1, -0.05) is 96.8 Å². The van der Waals surface area contributed by atoms with Gasteiger partial charge in [0.2, 0.25) is 5.60 Å². The molecule has 0 amide bonds. The lowest BCUT2D eigenvalue weighted by molar-refractivity contribution is -0.175. The summed E-state index contributed by atoms with van der Waals surface area (Å²) in [6.07, 6.45) is 16.4. The van der Waals surface area contributed by atoms with E-state index in [1.165, 1.54) is 70.6 Å². The summed E-state index contributed by atoms with van der Waals surface area (Å²) in [6, 6.07) is 0. The summed E-state index contributed by atoms with van der Waals surface area (Å²) >= 11 is 0. The predicted octanol–water partition coefficient (Wildman–Crippen LogP) is 4.07. The van der Waals surface area contributed by atoms with E-state index in [9.17, 15) is 29.4 Å². The molecule has 0 radical (unpaired) electrons. The third kappa shape index (κ3) is 20.5. The van der Waals surface area contributed by atoms with Crippen molar-refractivity contribution in [2.45, 2.75) is 128 Å². The number of hydrogen-bond donors (Lipinski definition) is 3. The summed E-state index contributed by atoms with van der Waals surface area (Å²) in [4.78, 5) is 44.8. The third-order valence-electron chi connectivity index (χ3n) is 6.08. The Balaban J connectivity index is 3.67. The van der Waals surface area contributed by atoms with Gasteiger partial charge in [0, 0.05) is 6.42 Å². The van der Waals surface area contributed by atoms with Gasteiger partial charge in [0.25, 0.3) is 6.47 Å². The standard InChI is InChI=1S/C27H48O10/c1-2-3-4-5-6-7-8-9-10-11-12-13-14-15-16-17-24(30)36-19-23(29)20-37-25(31)18-27(34,26(32)33)21-35-22-28/h22-23,29,34H,2-21H2,1H3,(H,32,33). The zero-order valence-electron chi connectivity index (χ0n) is 22.5. The van der Waals surface area contributed by atoms with Gasteiger partial charge in [-0.25, -0.2) is 4.79 Å². The maximum absolute atomic E-state index is 11.8. The summed E-state index contributed by atoms with van der Waals surface area (Å²) in [5, 5.41) is 28.6.